The van der Waals surface area contributed by atoms with Crippen LogP contribution in [0, 0.1) is 6.92 Å². The van der Waals surface area contributed by atoms with Gasteiger partial charge in [0.15, 0.2) is 6.61 Å². The zero-order valence-corrected chi connectivity index (χ0v) is 7.92. The fraction of sp³-hybridized carbons (Fsp3) is 0.500. The highest BCUT2D eigenvalue weighted by Gasteiger charge is 2.09. The van der Waals surface area contributed by atoms with Crippen LogP contribution < -0.4 is 10.1 Å². The van der Waals surface area contributed by atoms with Gasteiger partial charge in [0.2, 0.25) is 5.88 Å². The van der Waals surface area contributed by atoms with E-state index in [1.165, 1.54) is 6.33 Å². The van der Waals surface area contributed by atoms with Gasteiger partial charge in [0.25, 0.3) is 6.43 Å². The zero-order valence-electron chi connectivity index (χ0n) is 7.92. The van der Waals surface area contributed by atoms with Crippen LogP contribution in [0.4, 0.5) is 14.6 Å². The van der Waals surface area contributed by atoms with Crippen LogP contribution in [0.3, 0.4) is 0 Å². The van der Waals surface area contributed by atoms with Crippen molar-refractivity contribution in [2.75, 3.05) is 19.0 Å². The van der Waals surface area contributed by atoms with E-state index < -0.39 is 13.0 Å². The third-order valence-electron chi connectivity index (χ3n) is 1.62. The molecular formula is C8H11F2N3O. The van der Waals surface area contributed by atoms with Gasteiger partial charge in [-0.2, -0.15) is 0 Å². The number of aromatic nitrogens is 2. The van der Waals surface area contributed by atoms with Crippen molar-refractivity contribution in [3.8, 4) is 5.88 Å². The largest absolute Gasteiger partial charge is 0.471 e. The maximum absolute atomic E-state index is 11.9. The first-order valence-electron chi connectivity index (χ1n) is 4.05. The first kappa shape index (κ1) is 10.6. The topological polar surface area (TPSA) is 47.0 Å². The van der Waals surface area contributed by atoms with E-state index in [-0.39, 0.29) is 5.88 Å². The molecule has 1 heterocycles. The van der Waals surface area contributed by atoms with Crippen LogP contribution in [-0.2, 0) is 0 Å². The summed E-state index contributed by atoms with van der Waals surface area (Å²) in [6, 6.07) is 0. The molecular weight excluding hydrogens is 192 g/mol. The standard InChI is InChI=1S/C8H11F2N3O/c1-5-7(11-2)12-4-13-8(5)14-3-6(9)10/h4,6H,3H2,1-2H3,(H,11,12,13). The van der Waals surface area contributed by atoms with Crippen LogP contribution in [0.1, 0.15) is 5.56 Å². The Morgan fingerprint density at radius 3 is 2.79 bits per heavy atom. The average Bonchev–Trinajstić information content (AvgIpc) is 2.16. The SMILES string of the molecule is CNc1ncnc(OCC(F)F)c1C. The number of hydrogen-bond acceptors (Lipinski definition) is 4. The molecule has 1 aromatic heterocycles. The maximum atomic E-state index is 11.9. The molecule has 0 saturated carbocycles. The van der Waals surface area contributed by atoms with Crippen LogP contribution in [-0.4, -0.2) is 30.0 Å². The number of hydrogen-bond donors (Lipinski definition) is 1. The fourth-order valence-corrected chi connectivity index (χ4v) is 0.973. The summed E-state index contributed by atoms with van der Waals surface area (Å²) in [7, 11) is 1.69. The van der Waals surface area contributed by atoms with E-state index in [0.29, 0.717) is 11.4 Å². The third kappa shape index (κ3) is 2.51. The van der Waals surface area contributed by atoms with Crippen molar-refractivity contribution in [3.63, 3.8) is 0 Å². The zero-order chi connectivity index (χ0) is 10.6. The number of nitrogens with zero attached hydrogens (tertiary/aromatic N) is 2. The second-order valence-corrected chi connectivity index (χ2v) is 2.60. The fourth-order valence-electron chi connectivity index (χ4n) is 0.973. The lowest BCUT2D eigenvalue weighted by molar-refractivity contribution is 0.0792. The molecule has 0 atom stereocenters. The van der Waals surface area contributed by atoms with Gasteiger partial charge in [0.1, 0.15) is 12.1 Å². The first-order valence-corrected chi connectivity index (χ1v) is 4.05. The number of nitrogens with one attached hydrogen (secondary N) is 1. The molecule has 78 valence electrons. The van der Waals surface area contributed by atoms with Crippen LogP contribution in [0.2, 0.25) is 0 Å². The highest BCUT2D eigenvalue weighted by atomic mass is 19.3. The Morgan fingerprint density at radius 1 is 1.50 bits per heavy atom. The highest BCUT2D eigenvalue weighted by Crippen LogP contribution is 2.19. The quantitative estimate of drug-likeness (QED) is 0.804. The molecule has 1 rings (SSSR count). The molecule has 0 saturated heterocycles. The highest BCUT2D eigenvalue weighted by molar-refractivity contribution is 5.46. The summed E-state index contributed by atoms with van der Waals surface area (Å²) in [4.78, 5) is 7.65. The van der Waals surface area contributed by atoms with E-state index in [9.17, 15) is 8.78 Å². The molecule has 6 heteroatoms. The average molecular weight is 203 g/mol. The third-order valence-corrected chi connectivity index (χ3v) is 1.62. The van der Waals surface area contributed by atoms with Crippen molar-refractivity contribution in [1.82, 2.24) is 9.97 Å². The Morgan fingerprint density at radius 2 is 2.21 bits per heavy atom. The van der Waals surface area contributed by atoms with Crippen molar-refractivity contribution in [2.45, 2.75) is 13.3 Å². The van der Waals surface area contributed by atoms with Crippen LogP contribution in [0.15, 0.2) is 6.33 Å². The number of anilines is 1. The van der Waals surface area contributed by atoms with Gasteiger partial charge in [0, 0.05) is 7.05 Å². The summed E-state index contributed by atoms with van der Waals surface area (Å²) < 4.78 is 28.5. The smallest absolute Gasteiger partial charge is 0.272 e. The van der Waals surface area contributed by atoms with Gasteiger partial charge in [-0.15, -0.1) is 0 Å². The number of alkyl halides is 2. The Bertz CT molecular complexity index is 307. The lowest BCUT2D eigenvalue weighted by Gasteiger charge is -2.09. The van der Waals surface area contributed by atoms with Crippen molar-refractivity contribution < 1.29 is 13.5 Å². The van der Waals surface area contributed by atoms with Crippen molar-refractivity contribution in [2.24, 2.45) is 0 Å². The van der Waals surface area contributed by atoms with Gasteiger partial charge in [-0.1, -0.05) is 0 Å². The summed E-state index contributed by atoms with van der Waals surface area (Å²) in [5, 5.41) is 2.80. The number of halogens is 2. The van der Waals surface area contributed by atoms with E-state index in [1.54, 1.807) is 14.0 Å². The molecule has 0 spiro atoms. The summed E-state index contributed by atoms with van der Waals surface area (Å²) in [5.41, 5.74) is 0.621. The number of ether oxygens (including phenoxy) is 1. The molecule has 0 amide bonds. The molecule has 0 radical (unpaired) electrons. The summed E-state index contributed by atoms with van der Waals surface area (Å²) >= 11 is 0. The molecule has 14 heavy (non-hydrogen) atoms. The summed E-state index contributed by atoms with van der Waals surface area (Å²) in [5.74, 6) is 0.758. The molecule has 0 bridgehead atoms. The molecule has 1 aromatic rings. The van der Waals surface area contributed by atoms with Crippen molar-refractivity contribution >= 4 is 5.82 Å². The minimum Gasteiger partial charge on any atom is -0.471 e. The molecule has 0 aliphatic heterocycles. The van der Waals surface area contributed by atoms with Crippen molar-refractivity contribution in [1.29, 1.82) is 0 Å². The van der Waals surface area contributed by atoms with Gasteiger partial charge in [-0.3, -0.25) is 0 Å². The monoisotopic (exact) mass is 203 g/mol. The van der Waals surface area contributed by atoms with Gasteiger partial charge in [-0.05, 0) is 6.92 Å². The Kier molecular flexibility index (Phi) is 3.55. The molecule has 0 fully saturated rings. The molecule has 0 aliphatic rings. The predicted molar refractivity (Wildman–Crippen MR) is 47.8 cm³/mol. The van der Waals surface area contributed by atoms with Crippen LogP contribution in [0.5, 0.6) is 5.88 Å². The van der Waals surface area contributed by atoms with Gasteiger partial charge >= 0.3 is 0 Å². The van der Waals surface area contributed by atoms with Crippen LogP contribution in [0.25, 0.3) is 0 Å². The van der Waals surface area contributed by atoms with E-state index in [4.69, 9.17) is 4.74 Å². The molecule has 4 nitrogen and oxygen atoms in total. The first-order chi connectivity index (χ1) is 6.65. The van der Waals surface area contributed by atoms with E-state index >= 15 is 0 Å². The number of rotatable bonds is 4. The maximum Gasteiger partial charge on any atom is 0.272 e. The van der Waals surface area contributed by atoms with Gasteiger partial charge in [-0.25, -0.2) is 18.7 Å². The molecule has 0 unspecified atom stereocenters. The Balaban J connectivity index is 2.76. The predicted octanol–water partition coefficient (Wildman–Crippen LogP) is 1.47. The molecule has 0 aliphatic carbocycles. The molecule has 1 N–H and O–H groups in total. The van der Waals surface area contributed by atoms with Gasteiger partial charge < -0.3 is 10.1 Å². The van der Waals surface area contributed by atoms with Crippen molar-refractivity contribution in [3.05, 3.63) is 11.9 Å². The van der Waals surface area contributed by atoms with Crippen LogP contribution >= 0.6 is 0 Å². The second kappa shape index (κ2) is 4.69. The van der Waals surface area contributed by atoms with E-state index in [2.05, 4.69) is 15.3 Å². The minimum atomic E-state index is -2.50. The summed E-state index contributed by atoms with van der Waals surface area (Å²) in [6.45, 7) is 1.05. The van der Waals surface area contributed by atoms with E-state index in [0.717, 1.165) is 0 Å². The Hall–Kier alpha value is -1.46. The lowest BCUT2D eigenvalue weighted by atomic mass is 10.3. The normalized spacial score (nSPS) is 10.4. The Labute approximate surface area is 80.3 Å². The van der Waals surface area contributed by atoms with E-state index in [1.807, 2.05) is 0 Å². The second-order valence-electron chi connectivity index (χ2n) is 2.60. The molecule has 0 aromatic carbocycles. The minimum absolute atomic E-state index is 0.185. The lowest BCUT2D eigenvalue weighted by Crippen LogP contribution is -2.10. The summed E-state index contributed by atoms with van der Waals surface area (Å²) in [6.07, 6.45) is -1.23. The van der Waals surface area contributed by atoms with Gasteiger partial charge in [0.05, 0.1) is 5.56 Å².